The van der Waals surface area contributed by atoms with Crippen LogP contribution in [0.2, 0.25) is 0 Å². The fraction of sp³-hybridized carbons (Fsp3) is 0.188. The van der Waals surface area contributed by atoms with Gasteiger partial charge < -0.3 is 15.8 Å². The third kappa shape index (κ3) is 8.34. The van der Waals surface area contributed by atoms with Gasteiger partial charge in [0.1, 0.15) is 0 Å². The van der Waals surface area contributed by atoms with Crippen LogP contribution in [0.25, 0.3) is 0 Å². The summed E-state index contributed by atoms with van der Waals surface area (Å²) in [6.07, 6.45) is -4.77. The summed E-state index contributed by atoms with van der Waals surface area (Å²) in [6, 6.07) is 15.4. The molecule has 2 aromatic rings. The molecule has 0 unspecified atom stereocenters. The first-order valence-corrected chi connectivity index (χ1v) is 8.02. The number of nitrogens with two attached hydrogens (primary N) is 1. The highest BCUT2D eigenvalue weighted by Gasteiger charge is 2.32. The van der Waals surface area contributed by atoms with Gasteiger partial charge in [-0.3, -0.25) is 4.99 Å². The van der Waals surface area contributed by atoms with Gasteiger partial charge in [0.05, 0.1) is 12.2 Å². The van der Waals surface area contributed by atoms with E-state index in [2.05, 4.69) is 15.0 Å². The molecule has 0 aliphatic rings. The first-order valence-electron chi connectivity index (χ1n) is 7.03. The maximum absolute atomic E-state index is 12.4. The fourth-order valence-corrected chi connectivity index (χ4v) is 2.58. The van der Waals surface area contributed by atoms with E-state index in [0.717, 1.165) is 4.90 Å². The zero-order valence-electron chi connectivity index (χ0n) is 13.0. The van der Waals surface area contributed by atoms with Crippen molar-refractivity contribution in [2.45, 2.75) is 11.3 Å². The third-order valence-electron chi connectivity index (χ3n) is 2.76. The van der Waals surface area contributed by atoms with E-state index in [-0.39, 0.29) is 41.4 Å². The lowest BCUT2D eigenvalue weighted by Crippen LogP contribution is -2.24. The number of hydrogen-bond acceptors (Lipinski definition) is 3. The first-order chi connectivity index (χ1) is 11.4. The molecular weight excluding hydrogens is 466 g/mol. The molecular formula is C16H17F3IN3OS. The zero-order chi connectivity index (χ0) is 17.4. The lowest BCUT2D eigenvalue weighted by molar-refractivity contribution is -0.274. The predicted octanol–water partition coefficient (Wildman–Crippen LogP) is 4.72. The molecule has 0 spiro atoms. The zero-order valence-corrected chi connectivity index (χ0v) is 16.1. The number of para-hydroxylation sites is 2. The van der Waals surface area contributed by atoms with E-state index in [9.17, 15) is 13.2 Å². The number of nitrogens with one attached hydrogen (secondary N) is 1. The van der Waals surface area contributed by atoms with Crippen molar-refractivity contribution in [3.05, 3.63) is 54.6 Å². The van der Waals surface area contributed by atoms with Crippen molar-refractivity contribution in [3.63, 3.8) is 0 Å². The Morgan fingerprint density at radius 2 is 1.72 bits per heavy atom. The molecule has 0 bridgehead atoms. The maximum Gasteiger partial charge on any atom is 0.573 e. The molecule has 0 atom stereocenters. The summed E-state index contributed by atoms with van der Waals surface area (Å²) in [5.41, 5.74) is 5.81. The molecule has 0 aromatic heterocycles. The third-order valence-corrected chi connectivity index (χ3v) is 3.75. The van der Waals surface area contributed by atoms with Crippen LogP contribution in [0.5, 0.6) is 5.75 Å². The van der Waals surface area contributed by atoms with Gasteiger partial charge >= 0.3 is 6.36 Å². The van der Waals surface area contributed by atoms with E-state index in [0.29, 0.717) is 12.3 Å². The van der Waals surface area contributed by atoms with Crippen LogP contribution < -0.4 is 15.8 Å². The number of hydrogen-bond donors (Lipinski definition) is 2. The molecule has 0 fully saturated rings. The van der Waals surface area contributed by atoms with E-state index in [1.54, 1.807) is 17.8 Å². The summed E-state index contributed by atoms with van der Waals surface area (Å²) >= 11 is 1.62. The molecule has 25 heavy (non-hydrogen) atoms. The van der Waals surface area contributed by atoms with Crippen LogP contribution in [0, 0.1) is 0 Å². The molecule has 0 aliphatic carbocycles. The largest absolute Gasteiger partial charge is 0.573 e. The van der Waals surface area contributed by atoms with Gasteiger partial charge in [-0.05, 0) is 24.3 Å². The first kappa shape index (κ1) is 21.4. The Morgan fingerprint density at radius 3 is 2.40 bits per heavy atom. The quantitative estimate of drug-likeness (QED) is 0.205. The Kier molecular flexibility index (Phi) is 8.90. The average Bonchev–Trinajstić information content (AvgIpc) is 2.53. The number of anilines is 1. The van der Waals surface area contributed by atoms with Crippen molar-refractivity contribution in [2.75, 3.05) is 17.6 Å². The number of nitrogens with zero attached hydrogens (tertiary/aromatic N) is 1. The number of rotatable bonds is 6. The van der Waals surface area contributed by atoms with Crippen molar-refractivity contribution in [1.82, 2.24) is 0 Å². The second kappa shape index (κ2) is 10.4. The number of thioether (sulfide) groups is 1. The summed E-state index contributed by atoms with van der Waals surface area (Å²) in [5, 5.41) is 2.63. The molecule has 0 amide bonds. The lowest BCUT2D eigenvalue weighted by atomic mass is 10.3. The number of guanidine groups is 1. The van der Waals surface area contributed by atoms with E-state index >= 15 is 0 Å². The van der Waals surface area contributed by atoms with Gasteiger partial charge in [-0.1, -0.05) is 30.3 Å². The molecule has 0 saturated carbocycles. The number of halogens is 4. The molecule has 0 radical (unpaired) electrons. The standard InChI is InChI=1S/C16H16F3N3OS.HI/c17-16(18,19)23-14-9-5-4-8-13(14)22-15(20)21-10-11-24-12-6-2-1-3-7-12;/h1-9H,10-11H2,(H3,20,21,22);1H. The van der Waals surface area contributed by atoms with Crippen LogP contribution in [0.4, 0.5) is 18.9 Å². The molecule has 0 saturated heterocycles. The van der Waals surface area contributed by atoms with Crippen molar-refractivity contribution in [1.29, 1.82) is 0 Å². The highest BCUT2D eigenvalue weighted by Crippen LogP contribution is 2.29. The lowest BCUT2D eigenvalue weighted by Gasteiger charge is -2.14. The molecule has 0 heterocycles. The molecule has 9 heteroatoms. The van der Waals surface area contributed by atoms with Crippen LogP contribution in [0.1, 0.15) is 0 Å². The Labute approximate surface area is 165 Å². The highest BCUT2D eigenvalue weighted by molar-refractivity contribution is 14.0. The second-order valence-electron chi connectivity index (χ2n) is 4.60. The second-order valence-corrected chi connectivity index (χ2v) is 5.77. The van der Waals surface area contributed by atoms with Gasteiger partial charge in [-0.15, -0.1) is 48.9 Å². The van der Waals surface area contributed by atoms with Crippen molar-refractivity contribution < 1.29 is 17.9 Å². The van der Waals surface area contributed by atoms with Crippen LogP contribution in [-0.2, 0) is 0 Å². The SMILES string of the molecule is I.NC(=NCCSc1ccccc1)Nc1ccccc1OC(F)(F)F. The summed E-state index contributed by atoms with van der Waals surface area (Å²) in [4.78, 5) is 5.21. The minimum absolute atomic E-state index is 0. The van der Waals surface area contributed by atoms with E-state index in [4.69, 9.17) is 5.73 Å². The Balaban J connectivity index is 0.00000312. The van der Waals surface area contributed by atoms with Crippen LogP contribution >= 0.6 is 35.7 Å². The molecule has 2 aromatic carbocycles. The van der Waals surface area contributed by atoms with Crippen LogP contribution in [-0.4, -0.2) is 24.6 Å². The van der Waals surface area contributed by atoms with Gasteiger partial charge in [-0.25, -0.2) is 0 Å². The predicted molar refractivity (Wildman–Crippen MR) is 106 cm³/mol. The topological polar surface area (TPSA) is 59.6 Å². The minimum Gasteiger partial charge on any atom is -0.404 e. The number of alkyl halides is 3. The number of aliphatic imine (C=N–C) groups is 1. The summed E-state index contributed by atoms with van der Waals surface area (Å²) in [7, 11) is 0. The van der Waals surface area contributed by atoms with E-state index in [1.165, 1.54) is 18.2 Å². The molecule has 4 nitrogen and oxygen atoms in total. The van der Waals surface area contributed by atoms with Crippen LogP contribution in [0.15, 0.2) is 64.5 Å². The van der Waals surface area contributed by atoms with Crippen molar-refractivity contribution >= 4 is 47.4 Å². The van der Waals surface area contributed by atoms with Crippen LogP contribution in [0.3, 0.4) is 0 Å². The number of benzene rings is 2. The Bertz CT molecular complexity index is 684. The Hall–Kier alpha value is -1.62. The van der Waals surface area contributed by atoms with Gasteiger partial charge in [0.2, 0.25) is 0 Å². The minimum atomic E-state index is -4.77. The summed E-state index contributed by atoms with van der Waals surface area (Å²) in [6.45, 7) is 0.431. The van der Waals surface area contributed by atoms with E-state index in [1.807, 2.05) is 30.3 Å². The average molecular weight is 483 g/mol. The Morgan fingerprint density at radius 1 is 1.08 bits per heavy atom. The molecule has 0 aliphatic heterocycles. The van der Waals surface area contributed by atoms with Gasteiger partial charge in [0.25, 0.3) is 0 Å². The van der Waals surface area contributed by atoms with Gasteiger partial charge in [0.15, 0.2) is 11.7 Å². The van der Waals surface area contributed by atoms with E-state index < -0.39 is 6.36 Å². The summed E-state index contributed by atoms with van der Waals surface area (Å²) in [5.74, 6) is 0.372. The van der Waals surface area contributed by atoms with Gasteiger partial charge in [-0.2, -0.15) is 0 Å². The molecule has 136 valence electrons. The number of ether oxygens (including phenoxy) is 1. The molecule has 3 N–H and O–H groups in total. The van der Waals surface area contributed by atoms with Crippen molar-refractivity contribution in [2.24, 2.45) is 10.7 Å². The van der Waals surface area contributed by atoms with Crippen molar-refractivity contribution in [3.8, 4) is 5.75 Å². The highest BCUT2D eigenvalue weighted by atomic mass is 127. The molecule has 2 rings (SSSR count). The van der Waals surface area contributed by atoms with Gasteiger partial charge in [0, 0.05) is 10.6 Å². The maximum atomic E-state index is 12.4. The monoisotopic (exact) mass is 483 g/mol. The fourth-order valence-electron chi connectivity index (χ4n) is 1.81. The summed E-state index contributed by atoms with van der Waals surface area (Å²) < 4.78 is 41.0. The normalized spacial score (nSPS) is 11.6. The smallest absolute Gasteiger partial charge is 0.404 e.